The summed E-state index contributed by atoms with van der Waals surface area (Å²) in [5, 5.41) is 7.15. The summed E-state index contributed by atoms with van der Waals surface area (Å²) < 4.78 is 5.27. The maximum atomic E-state index is 5.27. The Balaban J connectivity index is 2.25. The highest BCUT2D eigenvalue weighted by atomic mass is 16.5. The predicted octanol–water partition coefficient (Wildman–Crippen LogP) is 0.382. The van der Waals surface area contributed by atoms with Gasteiger partial charge in [0.2, 0.25) is 0 Å². The molecule has 4 nitrogen and oxygen atoms in total. The average molecular weight is 181 g/mol. The zero-order valence-electron chi connectivity index (χ0n) is 8.13. The number of rotatable bonds is 2. The lowest BCUT2D eigenvalue weighted by molar-refractivity contribution is 0.310. The van der Waals surface area contributed by atoms with Crippen molar-refractivity contribution in [1.82, 2.24) is 15.4 Å². The molecule has 0 fully saturated rings. The van der Waals surface area contributed by atoms with Crippen LogP contribution in [0, 0.1) is 0 Å². The van der Waals surface area contributed by atoms with E-state index in [1.807, 2.05) is 7.05 Å². The van der Waals surface area contributed by atoms with Crippen LogP contribution >= 0.6 is 0 Å². The number of likely N-dealkylation sites (N-methyl/N-ethyl adjacent to an activating group) is 1. The summed E-state index contributed by atoms with van der Waals surface area (Å²) in [5.74, 6) is 0.990. The summed E-state index contributed by atoms with van der Waals surface area (Å²) in [6.07, 6.45) is 1.01. The van der Waals surface area contributed by atoms with Gasteiger partial charge in [0.15, 0.2) is 5.76 Å². The lowest BCUT2D eigenvalue weighted by atomic mass is 10.1. The SMILES string of the molecule is CNCc1onc2c1CN(C)CC2. The highest BCUT2D eigenvalue weighted by molar-refractivity contribution is 5.25. The van der Waals surface area contributed by atoms with E-state index in [1.54, 1.807) is 0 Å². The summed E-state index contributed by atoms with van der Waals surface area (Å²) in [7, 11) is 4.04. The fourth-order valence-electron chi connectivity index (χ4n) is 1.70. The minimum atomic E-state index is 0.774. The molecule has 0 radical (unpaired) electrons. The van der Waals surface area contributed by atoms with Gasteiger partial charge in [0, 0.05) is 25.1 Å². The molecule has 1 N–H and O–H groups in total. The fourth-order valence-corrected chi connectivity index (χ4v) is 1.70. The van der Waals surface area contributed by atoms with Crippen molar-refractivity contribution in [2.45, 2.75) is 19.5 Å². The average Bonchev–Trinajstić information content (AvgIpc) is 2.49. The monoisotopic (exact) mass is 181 g/mol. The molecule has 0 spiro atoms. The Labute approximate surface area is 77.9 Å². The number of hydrogen-bond donors (Lipinski definition) is 1. The number of nitrogens with zero attached hydrogens (tertiary/aromatic N) is 2. The van der Waals surface area contributed by atoms with Crippen molar-refractivity contribution in [2.24, 2.45) is 0 Å². The molecule has 0 unspecified atom stereocenters. The molecule has 0 saturated carbocycles. The van der Waals surface area contributed by atoms with Crippen molar-refractivity contribution < 1.29 is 4.52 Å². The van der Waals surface area contributed by atoms with Crippen LogP contribution in [-0.2, 0) is 19.5 Å². The second-order valence-electron chi connectivity index (χ2n) is 3.55. The standard InChI is InChI=1S/C9H15N3O/c1-10-5-9-7-6-12(2)4-3-8(7)11-13-9/h10H,3-6H2,1-2H3. The first-order valence-corrected chi connectivity index (χ1v) is 4.60. The molecule has 0 aliphatic carbocycles. The Bertz CT molecular complexity index is 295. The number of nitrogens with one attached hydrogen (secondary N) is 1. The van der Waals surface area contributed by atoms with Crippen molar-refractivity contribution in [3.05, 3.63) is 17.0 Å². The molecule has 0 saturated heterocycles. The molecular weight excluding hydrogens is 166 g/mol. The first-order valence-electron chi connectivity index (χ1n) is 4.60. The normalized spacial score (nSPS) is 17.4. The number of hydrogen-bond acceptors (Lipinski definition) is 4. The molecule has 0 bridgehead atoms. The van der Waals surface area contributed by atoms with E-state index in [1.165, 1.54) is 5.56 Å². The van der Waals surface area contributed by atoms with Crippen molar-refractivity contribution in [1.29, 1.82) is 0 Å². The van der Waals surface area contributed by atoms with E-state index in [9.17, 15) is 0 Å². The third-order valence-electron chi connectivity index (χ3n) is 2.45. The maximum absolute atomic E-state index is 5.27. The Hall–Kier alpha value is -0.870. The Morgan fingerprint density at radius 2 is 2.46 bits per heavy atom. The first-order chi connectivity index (χ1) is 6.31. The van der Waals surface area contributed by atoms with Gasteiger partial charge in [0.1, 0.15) is 0 Å². The largest absolute Gasteiger partial charge is 0.359 e. The van der Waals surface area contributed by atoms with Crippen LogP contribution < -0.4 is 5.32 Å². The van der Waals surface area contributed by atoms with Gasteiger partial charge in [-0.3, -0.25) is 0 Å². The van der Waals surface area contributed by atoms with E-state index < -0.39 is 0 Å². The summed E-state index contributed by atoms with van der Waals surface area (Å²) in [5.41, 5.74) is 2.42. The quantitative estimate of drug-likeness (QED) is 0.716. The summed E-state index contributed by atoms with van der Waals surface area (Å²) >= 11 is 0. The molecule has 72 valence electrons. The Morgan fingerprint density at radius 1 is 1.62 bits per heavy atom. The number of aromatic nitrogens is 1. The lowest BCUT2D eigenvalue weighted by Gasteiger charge is -2.21. The summed E-state index contributed by atoms with van der Waals surface area (Å²) in [6, 6.07) is 0. The van der Waals surface area contributed by atoms with E-state index in [4.69, 9.17) is 4.52 Å². The van der Waals surface area contributed by atoms with Crippen LogP contribution in [0.15, 0.2) is 4.52 Å². The minimum absolute atomic E-state index is 0.774. The van der Waals surface area contributed by atoms with Crippen LogP contribution in [-0.4, -0.2) is 30.7 Å². The van der Waals surface area contributed by atoms with Crippen LogP contribution in [0.2, 0.25) is 0 Å². The maximum Gasteiger partial charge on any atom is 0.155 e. The van der Waals surface area contributed by atoms with Gasteiger partial charge >= 0.3 is 0 Å². The molecule has 1 aromatic rings. The van der Waals surface area contributed by atoms with Gasteiger partial charge in [-0.05, 0) is 14.1 Å². The molecule has 1 aliphatic rings. The molecule has 13 heavy (non-hydrogen) atoms. The second kappa shape index (κ2) is 3.47. The lowest BCUT2D eigenvalue weighted by Crippen LogP contribution is -2.27. The van der Waals surface area contributed by atoms with Crippen LogP contribution in [0.1, 0.15) is 17.0 Å². The van der Waals surface area contributed by atoms with Gasteiger partial charge < -0.3 is 14.7 Å². The van der Waals surface area contributed by atoms with Crippen LogP contribution in [0.5, 0.6) is 0 Å². The molecule has 0 amide bonds. The van der Waals surface area contributed by atoms with E-state index in [0.717, 1.165) is 37.5 Å². The molecular formula is C9H15N3O. The fraction of sp³-hybridized carbons (Fsp3) is 0.667. The highest BCUT2D eigenvalue weighted by Crippen LogP contribution is 2.20. The molecule has 0 aromatic carbocycles. The summed E-state index contributed by atoms with van der Waals surface area (Å²) in [4.78, 5) is 2.29. The molecule has 0 atom stereocenters. The van der Waals surface area contributed by atoms with E-state index >= 15 is 0 Å². The van der Waals surface area contributed by atoms with Crippen LogP contribution in [0.4, 0.5) is 0 Å². The minimum Gasteiger partial charge on any atom is -0.359 e. The van der Waals surface area contributed by atoms with Gasteiger partial charge in [-0.1, -0.05) is 5.16 Å². The van der Waals surface area contributed by atoms with Crippen LogP contribution in [0.3, 0.4) is 0 Å². The molecule has 1 aliphatic heterocycles. The number of fused-ring (bicyclic) bond motifs is 1. The van der Waals surface area contributed by atoms with Crippen LogP contribution in [0.25, 0.3) is 0 Å². The van der Waals surface area contributed by atoms with Crippen molar-refractivity contribution in [2.75, 3.05) is 20.6 Å². The van der Waals surface area contributed by atoms with Crippen molar-refractivity contribution in [3.63, 3.8) is 0 Å². The Morgan fingerprint density at radius 3 is 3.23 bits per heavy atom. The molecule has 1 aromatic heterocycles. The third kappa shape index (κ3) is 1.59. The Kier molecular flexibility index (Phi) is 2.33. The van der Waals surface area contributed by atoms with Gasteiger partial charge in [0.25, 0.3) is 0 Å². The third-order valence-corrected chi connectivity index (χ3v) is 2.45. The topological polar surface area (TPSA) is 41.3 Å². The van der Waals surface area contributed by atoms with Crippen molar-refractivity contribution in [3.8, 4) is 0 Å². The first kappa shape index (κ1) is 8.72. The summed E-state index contributed by atoms with van der Waals surface area (Å²) in [6.45, 7) is 2.82. The molecule has 2 heterocycles. The van der Waals surface area contributed by atoms with Crippen molar-refractivity contribution >= 4 is 0 Å². The van der Waals surface area contributed by atoms with Gasteiger partial charge in [0.05, 0.1) is 12.2 Å². The van der Waals surface area contributed by atoms with E-state index in [0.29, 0.717) is 0 Å². The highest BCUT2D eigenvalue weighted by Gasteiger charge is 2.21. The smallest absolute Gasteiger partial charge is 0.155 e. The zero-order chi connectivity index (χ0) is 9.26. The van der Waals surface area contributed by atoms with E-state index in [2.05, 4.69) is 22.4 Å². The molecule has 2 rings (SSSR count). The van der Waals surface area contributed by atoms with Gasteiger partial charge in [-0.2, -0.15) is 0 Å². The zero-order valence-corrected chi connectivity index (χ0v) is 8.13. The predicted molar refractivity (Wildman–Crippen MR) is 49.3 cm³/mol. The molecule has 4 heteroatoms. The van der Waals surface area contributed by atoms with Gasteiger partial charge in [-0.25, -0.2) is 0 Å². The van der Waals surface area contributed by atoms with E-state index in [-0.39, 0.29) is 0 Å². The second-order valence-corrected chi connectivity index (χ2v) is 3.55. The van der Waals surface area contributed by atoms with Gasteiger partial charge in [-0.15, -0.1) is 0 Å².